The van der Waals surface area contributed by atoms with Gasteiger partial charge in [0, 0.05) is 13.1 Å². The molecule has 0 atom stereocenters. The quantitative estimate of drug-likeness (QED) is 0.738. The third kappa shape index (κ3) is 3.28. The van der Waals surface area contributed by atoms with Crippen molar-refractivity contribution in [2.45, 2.75) is 6.61 Å². The Labute approximate surface area is 153 Å². The third-order valence-corrected chi connectivity index (χ3v) is 3.90. The van der Waals surface area contributed by atoms with Crippen molar-refractivity contribution in [3.8, 4) is 23.3 Å². The second kappa shape index (κ2) is 6.76. The zero-order valence-electron chi connectivity index (χ0n) is 14.3. The average Bonchev–Trinajstić information content (AvgIpc) is 3.40. The van der Waals surface area contributed by atoms with Crippen molar-refractivity contribution in [3.05, 3.63) is 53.6 Å². The Morgan fingerprint density at radius 3 is 3.04 bits per heavy atom. The van der Waals surface area contributed by atoms with E-state index in [1.807, 2.05) is 6.07 Å². The van der Waals surface area contributed by atoms with E-state index >= 15 is 0 Å². The first-order valence-corrected chi connectivity index (χ1v) is 7.98. The number of aryl methyl sites for hydroxylation is 1. The number of aromatic nitrogens is 2. The van der Waals surface area contributed by atoms with E-state index < -0.39 is 5.91 Å². The van der Waals surface area contributed by atoms with Crippen LogP contribution in [0, 0.1) is 11.3 Å². The summed E-state index contributed by atoms with van der Waals surface area (Å²) in [7, 11) is 1.63. The molecule has 136 valence electrons. The molecule has 3 heterocycles. The summed E-state index contributed by atoms with van der Waals surface area (Å²) in [6.07, 6.45) is 1.38. The number of nitrogens with one attached hydrogen (secondary N) is 1. The van der Waals surface area contributed by atoms with E-state index in [-0.39, 0.29) is 24.7 Å². The van der Waals surface area contributed by atoms with E-state index in [1.54, 1.807) is 31.3 Å². The monoisotopic (exact) mass is 366 g/mol. The van der Waals surface area contributed by atoms with Gasteiger partial charge >= 0.3 is 0 Å². The molecule has 1 N–H and O–H groups in total. The first-order chi connectivity index (χ1) is 13.1. The highest BCUT2D eigenvalue weighted by atomic mass is 16.7. The normalized spacial score (nSPS) is 11.9. The second-order valence-electron chi connectivity index (χ2n) is 5.67. The molecule has 0 fully saturated rings. The minimum atomic E-state index is -0.482. The Bertz CT molecular complexity index is 1050. The lowest BCUT2D eigenvalue weighted by Gasteiger charge is -2.05. The van der Waals surface area contributed by atoms with Crippen molar-refractivity contribution in [1.29, 1.82) is 5.26 Å². The predicted molar refractivity (Wildman–Crippen MR) is 91.5 cm³/mol. The van der Waals surface area contributed by atoms with Gasteiger partial charge in [-0.1, -0.05) is 0 Å². The lowest BCUT2D eigenvalue weighted by atomic mass is 10.3. The van der Waals surface area contributed by atoms with Gasteiger partial charge in [0.05, 0.1) is 6.20 Å². The second-order valence-corrected chi connectivity index (χ2v) is 5.67. The maximum Gasteiger partial charge on any atom is 0.292 e. The molecule has 1 aliphatic heterocycles. The van der Waals surface area contributed by atoms with Crippen LogP contribution in [0.1, 0.15) is 21.9 Å². The number of fused-ring (bicyclic) bond motifs is 1. The highest BCUT2D eigenvalue weighted by molar-refractivity contribution is 6.02. The number of rotatable bonds is 5. The van der Waals surface area contributed by atoms with E-state index in [9.17, 15) is 4.79 Å². The zero-order valence-corrected chi connectivity index (χ0v) is 14.3. The summed E-state index contributed by atoms with van der Waals surface area (Å²) in [5.74, 6) is 2.28. The molecule has 27 heavy (non-hydrogen) atoms. The molecular weight excluding hydrogens is 352 g/mol. The van der Waals surface area contributed by atoms with Gasteiger partial charge in [-0.3, -0.25) is 9.48 Å². The zero-order chi connectivity index (χ0) is 18.8. The van der Waals surface area contributed by atoms with Crippen molar-refractivity contribution in [2.24, 2.45) is 7.05 Å². The Morgan fingerprint density at radius 1 is 1.33 bits per heavy atom. The highest BCUT2D eigenvalue weighted by Crippen LogP contribution is 2.35. The Hall–Kier alpha value is -3.93. The van der Waals surface area contributed by atoms with Crippen LogP contribution in [0.15, 0.2) is 40.9 Å². The maximum atomic E-state index is 12.3. The molecule has 0 saturated heterocycles. The number of anilines is 1. The molecule has 9 nitrogen and oxygen atoms in total. The molecule has 0 spiro atoms. The number of nitriles is 1. The molecule has 1 aliphatic rings. The fourth-order valence-electron chi connectivity index (χ4n) is 2.54. The van der Waals surface area contributed by atoms with E-state index in [0.717, 1.165) is 0 Å². The van der Waals surface area contributed by atoms with Crippen molar-refractivity contribution in [2.75, 3.05) is 12.1 Å². The van der Waals surface area contributed by atoms with Crippen molar-refractivity contribution in [1.82, 2.24) is 9.78 Å². The predicted octanol–water partition coefficient (Wildman–Crippen LogP) is 2.44. The number of carbonyl (C=O) groups is 1. The molecule has 0 aliphatic carbocycles. The molecule has 4 rings (SSSR count). The number of furan rings is 1. The third-order valence-electron chi connectivity index (χ3n) is 3.90. The Morgan fingerprint density at radius 2 is 2.19 bits per heavy atom. The van der Waals surface area contributed by atoms with E-state index in [0.29, 0.717) is 28.8 Å². The summed E-state index contributed by atoms with van der Waals surface area (Å²) in [4.78, 5) is 12.3. The molecule has 1 aromatic carbocycles. The molecule has 3 aromatic rings. The molecule has 0 saturated carbocycles. The molecule has 9 heteroatoms. The Kier molecular flexibility index (Phi) is 4.14. The molecule has 0 unspecified atom stereocenters. The fourth-order valence-corrected chi connectivity index (χ4v) is 2.54. The van der Waals surface area contributed by atoms with E-state index in [4.69, 9.17) is 23.9 Å². The summed E-state index contributed by atoms with van der Waals surface area (Å²) >= 11 is 0. The summed E-state index contributed by atoms with van der Waals surface area (Å²) in [6.45, 7) is 0.335. The molecule has 1 amide bonds. The van der Waals surface area contributed by atoms with Gasteiger partial charge in [-0.05, 0) is 24.3 Å². The Balaban J connectivity index is 1.40. The molecule has 0 bridgehead atoms. The molecular formula is C18H14N4O5. The van der Waals surface area contributed by atoms with Crippen LogP contribution >= 0.6 is 0 Å². The first-order valence-electron chi connectivity index (χ1n) is 7.98. The standard InChI is InChI=1S/C18H14N4O5/c1-22-17(11(7-19)8-20-22)21-18(23)15-5-3-13(27-15)9-24-12-2-4-14-16(6-12)26-10-25-14/h2-6,8H,9-10H2,1H3,(H,21,23). The summed E-state index contributed by atoms with van der Waals surface area (Å²) < 4.78 is 23.1. The van der Waals surface area contributed by atoms with Crippen LogP contribution in [0.4, 0.5) is 5.82 Å². The van der Waals surface area contributed by atoms with Crippen LogP contribution in [-0.2, 0) is 13.7 Å². The SMILES string of the molecule is Cn1ncc(C#N)c1NC(=O)c1ccc(COc2ccc3c(c2)OCO3)o1. The number of hydrogen-bond acceptors (Lipinski definition) is 7. The number of benzene rings is 1. The van der Waals surface area contributed by atoms with Gasteiger partial charge in [0.2, 0.25) is 6.79 Å². The number of ether oxygens (including phenoxy) is 3. The van der Waals surface area contributed by atoms with Gasteiger partial charge in [0.15, 0.2) is 17.3 Å². The average molecular weight is 366 g/mol. The number of hydrogen-bond donors (Lipinski definition) is 1. The van der Waals surface area contributed by atoms with Crippen molar-refractivity contribution >= 4 is 11.7 Å². The number of nitrogens with zero attached hydrogens (tertiary/aromatic N) is 3. The van der Waals surface area contributed by atoms with Crippen LogP contribution < -0.4 is 19.5 Å². The summed E-state index contributed by atoms with van der Waals surface area (Å²) in [5, 5.41) is 15.6. The van der Waals surface area contributed by atoms with E-state index in [2.05, 4.69) is 10.4 Å². The van der Waals surface area contributed by atoms with Gasteiger partial charge in [-0.25, -0.2) is 0 Å². The van der Waals surface area contributed by atoms with Gasteiger partial charge in [0.1, 0.15) is 35.6 Å². The van der Waals surface area contributed by atoms with Crippen LogP contribution in [0.2, 0.25) is 0 Å². The van der Waals surface area contributed by atoms with Crippen molar-refractivity contribution < 1.29 is 23.4 Å². The van der Waals surface area contributed by atoms with Crippen LogP contribution in [0.5, 0.6) is 17.2 Å². The van der Waals surface area contributed by atoms with Gasteiger partial charge in [0.25, 0.3) is 5.91 Å². The van der Waals surface area contributed by atoms with Gasteiger partial charge < -0.3 is 23.9 Å². The summed E-state index contributed by atoms with van der Waals surface area (Å²) in [5.41, 5.74) is 0.267. The van der Waals surface area contributed by atoms with E-state index in [1.165, 1.54) is 16.9 Å². The van der Waals surface area contributed by atoms with Crippen LogP contribution in [-0.4, -0.2) is 22.5 Å². The molecule has 2 aromatic heterocycles. The van der Waals surface area contributed by atoms with Crippen LogP contribution in [0.3, 0.4) is 0 Å². The highest BCUT2D eigenvalue weighted by Gasteiger charge is 2.17. The largest absolute Gasteiger partial charge is 0.486 e. The van der Waals surface area contributed by atoms with Crippen molar-refractivity contribution in [3.63, 3.8) is 0 Å². The van der Waals surface area contributed by atoms with Crippen LogP contribution in [0.25, 0.3) is 0 Å². The van der Waals surface area contributed by atoms with Gasteiger partial charge in [-0.15, -0.1) is 0 Å². The fraction of sp³-hybridized carbons (Fsp3) is 0.167. The topological polar surface area (TPSA) is 112 Å². The maximum absolute atomic E-state index is 12.3. The molecule has 0 radical (unpaired) electrons. The lowest BCUT2D eigenvalue weighted by molar-refractivity contribution is 0.0991. The first kappa shape index (κ1) is 16.5. The number of amides is 1. The minimum Gasteiger partial charge on any atom is -0.486 e. The smallest absolute Gasteiger partial charge is 0.292 e. The summed E-state index contributed by atoms with van der Waals surface area (Å²) in [6, 6.07) is 10.4. The van der Waals surface area contributed by atoms with Gasteiger partial charge in [-0.2, -0.15) is 10.4 Å². The lowest BCUT2D eigenvalue weighted by Crippen LogP contribution is -2.14. The number of carbonyl (C=O) groups excluding carboxylic acids is 1. The minimum absolute atomic E-state index is 0.101.